The van der Waals surface area contributed by atoms with Gasteiger partial charge in [0, 0.05) is 29.9 Å². The summed E-state index contributed by atoms with van der Waals surface area (Å²) in [6, 6.07) is 19.3. The van der Waals surface area contributed by atoms with Crippen LogP contribution in [0.1, 0.15) is 30.7 Å². The molecular formula is C29H31N5O5. The zero-order valence-electron chi connectivity index (χ0n) is 22.1. The second-order valence-electron chi connectivity index (χ2n) is 9.59. The molecule has 0 saturated carbocycles. The number of aliphatic hydroxyl groups excluding tert-OH is 1. The van der Waals surface area contributed by atoms with Crippen LogP contribution in [-0.2, 0) is 4.79 Å². The number of carbonyl (C=O) groups is 1. The van der Waals surface area contributed by atoms with Gasteiger partial charge in [-0.05, 0) is 56.7 Å². The number of aryl methyl sites for hydroxylation is 1. The summed E-state index contributed by atoms with van der Waals surface area (Å²) < 4.78 is 11.1. The van der Waals surface area contributed by atoms with E-state index in [-0.39, 0.29) is 31.2 Å². The average molecular weight is 530 g/mol. The first kappa shape index (κ1) is 28.9. The van der Waals surface area contributed by atoms with Gasteiger partial charge >= 0.3 is 0 Å². The molecule has 0 aliphatic carbocycles. The van der Waals surface area contributed by atoms with Crippen LogP contribution < -0.4 is 25.7 Å². The number of aromatic nitrogens is 1. The third kappa shape index (κ3) is 8.44. The largest absolute Gasteiger partial charge is 0.489 e. The Kier molecular flexibility index (Phi) is 9.82. The molecule has 0 fully saturated rings. The van der Waals surface area contributed by atoms with Crippen molar-refractivity contribution in [3.8, 4) is 34.8 Å². The van der Waals surface area contributed by atoms with Gasteiger partial charge in [0.1, 0.15) is 41.9 Å². The third-order valence-electron chi connectivity index (χ3n) is 5.88. The molecule has 1 heterocycles. The number of hydrogen-bond donors (Lipinski definition) is 4. The predicted octanol–water partition coefficient (Wildman–Crippen LogP) is 2.40. The standard InChI is InChI=1S/C29H31N5O5/c1-19-25(12-22(14-31)28(37)34-19)20-8-10-24(11-9-20)38-17-27(36)32-18-29(2,3)33-15-23(35)16-39-26-7-5-4-6-21(26)13-30/h4-12,23,33,35H,15-18H2,1-3H3,(H,32,36)(H,34,37). The molecule has 202 valence electrons. The summed E-state index contributed by atoms with van der Waals surface area (Å²) in [4.78, 5) is 26.8. The molecule has 1 atom stereocenters. The number of carbonyl (C=O) groups excluding carboxylic acids is 1. The van der Waals surface area contributed by atoms with E-state index in [1.165, 1.54) is 0 Å². The molecule has 10 heteroatoms. The first-order chi connectivity index (χ1) is 18.6. The fraction of sp³-hybridized carbons (Fsp3) is 0.310. The molecule has 1 unspecified atom stereocenters. The number of nitrogens with one attached hydrogen (secondary N) is 3. The summed E-state index contributed by atoms with van der Waals surface area (Å²) in [6.07, 6.45) is -0.815. The van der Waals surface area contributed by atoms with Gasteiger partial charge in [-0.1, -0.05) is 24.3 Å². The molecule has 10 nitrogen and oxygen atoms in total. The first-order valence-electron chi connectivity index (χ1n) is 12.3. The number of benzene rings is 2. The molecule has 0 aliphatic rings. The van der Waals surface area contributed by atoms with Crippen molar-refractivity contribution in [1.29, 1.82) is 10.5 Å². The molecule has 0 bridgehead atoms. The number of aliphatic hydroxyl groups is 1. The van der Waals surface area contributed by atoms with Gasteiger partial charge in [-0.2, -0.15) is 10.5 Å². The van der Waals surface area contributed by atoms with Crippen molar-refractivity contribution in [2.75, 3.05) is 26.3 Å². The second-order valence-corrected chi connectivity index (χ2v) is 9.59. The Labute approximate surface area is 226 Å². The number of ether oxygens (including phenoxy) is 2. The van der Waals surface area contributed by atoms with Crippen LogP contribution in [0.5, 0.6) is 11.5 Å². The van der Waals surface area contributed by atoms with Crippen molar-refractivity contribution >= 4 is 5.91 Å². The summed E-state index contributed by atoms with van der Waals surface area (Å²) in [5.74, 6) is 0.607. The number of para-hydroxylation sites is 1. The fourth-order valence-corrected chi connectivity index (χ4v) is 3.64. The number of H-pyrrole nitrogens is 1. The Morgan fingerprint density at radius 3 is 2.46 bits per heavy atom. The quantitative estimate of drug-likeness (QED) is 0.278. The SMILES string of the molecule is Cc1[nH]c(=O)c(C#N)cc1-c1ccc(OCC(=O)NCC(C)(C)NCC(O)COc2ccccc2C#N)cc1. The summed E-state index contributed by atoms with van der Waals surface area (Å²) in [5, 5.41) is 34.5. The van der Waals surface area contributed by atoms with E-state index in [2.05, 4.69) is 15.6 Å². The van der Waals surface area contributed by atoms with Gasteiger partial charge in [0.15, 0.2) is 6.61 Å². The lowest BCUT2D eigenvalue weighted by molar-refractivity contribution is -0.123. The Morgan fingerprint density at radius 1 is 1.08 bits per heavy atom. The number of pyridine rings is 1. The molecule has 1 aromatic heterocycles. The van der Waals surface area contributed by atoms with Crippen molar-refractivity contribution in [3.05, 3.63) is 81.8 Å². The van der Waals surface area contributed by atoms with Crippen molar-refractivity contribution in [3.63, 3.8) is 0 Å². The lowest BCUT2D eigenvalue weighted by atomic mass is 10.0. The number of hydrogen-bond acceptors (Lipinski definition) is 8. The normalized spacial score (nSPS) is 11.6. The lowest BCUT2D eigenvalue weighted by Crippen LogP contribution is -2.52. The summed E-state index contributed by atoms with van der Waals surface area (Å²) in [7, 11) is 0. The van der Waals surface area contributed by atoms with E-state index in [1.54, 1.807) is 61.5 Å². The second kappa shape index (κ2) is 13.2. The number of aromatic amines is 1. The molecule has 0 radical (unpaired) electrons. The van der Waals surface area contributed by atoms with Gasteiger partial charge < -0.3 is 30.2 Å². The highest BCUT2D eigenvalue weighted by Crippen LogP contribution is 2.24. The van der Waals surface area contributed by atoms with Gasteiger partial charge in [-0.25, -0.2) is 0 Å². The molecule has 1 amide bonds. The topological polar surface area (TPSA) is 160 Å². The molecule has 3 rings (SSSR count). The zero-order valence-corrected chi connectivity index (χ0v) is 22.1. The van der Waals surface area contributed by atoms with Crippen LogP contribution in [0.4, 0.5) is 0 Å². The van der Waals surface area contributed by atoms with E-state index in [0.29, 0.717) is 29.3 Å². The van der Waals surface area contributed by atoms with Gasteiger partial charge in [0.25, 0.3) is 11.5 Å². The van der Waals surface area contributed by atoms with E-state index in [0.717, 1.165) is 11.1 Å². The lowest BCUT2D eigenvalue weighted by Gasteiger charge is -2.28. The Bertz CT molecular complexity index is 1430. The highest BCUT2D eigenvalue weighted by atomic mass is 16.5. The molecule has 39 heavy (non-hydrogen) atoms. The number of nitrogens with zero attached hydrogens (tertiary/aromatic N) is 2. The van der Waals surface area contributed by atoms with E-state index < -0.39 is 17.2 Å². The van der Waals surface area contributed by atoms with Crippen LogP contribution in [0.25, 0.3) is 11.1 Å². The zero-order chi connectivity index (χ0) is 28.4. The fourth-order valence-electron chi connectivity index (χ4n) is 3.64. The minimum Gasteiger partial charge on any atom is -0.489 e. The first-order valence-corrected chi connectivity index (χ1v) is 12.3. The van der Waals surface area contributed by atoms with Crippen LogP contribution in [0.15, 0.2) is 59.4 Å². The van der Waals surface area contributed by atoms with Gasteiger partial charge in [0.05, 0.1) is 5.56 Å². The Balaban J connectivity index is 1.42. The predicted molar refractivity (Wildman–Crippen MR) is 145 cm³/mol. The van der Waals surface area contributed by atoms with E-state index in [9.17, 15) is 14.7 Å². The molecule has 0 spiro atoms. The van der Waals surface area contributed by atoms with E-state index >= 15 is 0 Å². The van der Waals surface area contributed by atoms with Crippen LogP contribution in [0, 0.1) is 29.6 Å². The van der Waals surface area contributed by atoms with Crippen molar-refractivity contribution < 1.29 is 19.4 Å². The maximum Gasteiger partial charge on any atom is 0.266 e. The smallest absolute Gasteiger partial charge is 0.266 e. The van der Waals surface area contributed by atoms with Gasteiger partial charge in [0.2, 0.25) is 0 Å². The van der Waals surface area contributed by atoms with Crippen LogP contribution in [0.3, 0.4) is 0 Å². The molecule has 3 aromatic rings. The monoisotopic (exact) mass is 529 g/mol. The maximum atomic E-state index is 12.3. The number of nitriles is 2. The van der Waals surface area contributed by atoms with Gasteiger partial charge in [-0.3, -0.25) is 9.59 Å². The molecule has 0 saturated heterocycles. The molecular weight excluding hydrogens is 498 g/mol. The minimum atomic E-state index is -0.815. The Hall–Kier alpha value is -4.64. The van der Waals surface area contributed by atoms with E-state index in [4.69, 9.17) is 20.0 Å². The molecule has 0 aliphatic heterocycles. The highest BCUT2D eigenvalue weighted by molar-refractivity contribution is 5.77. The highest BCUT2D eigenvalue weighted by Gasteiger charge is 2.20. The van der Waals surface area contributed by atoms with Crippen molar-refractivity contribution in [1.82, 2.24) is 15.6 Å². The minimum absolute atomic E-state index is 0.0159. The van der Waals surface area contributed by atoms with Crippen molar-refractivity contribution in [2.45, 2.75) is 32.4 Å². The van der Waals surface area contributed by atoms with Crippen LogP contribution in [-0.4, -0.2) is 53.9 Å². The summed E-state index contributed by atoms with van der Waals surface area (Å²) >= 11 is 0. The number of β-amino-alcohol motifs (C(OH)–C–C–N with tert-alkyl or cyclic N) is 1. The maximum absolute atomic E-state index is 12.3. The molecule has 4 N–H and O–H groups in total. The van der Waals surface area contributed by atoms with Crippen molar-refractivity contribution in [2.24, 2.45) is 0 Å². The number of amides is 1. The summed E-state index contributed by atoms with van der Waals surface area (Å²) in [5.41, 5.74) is 1.67. The van der Waals surface area contributed by atoms with Crippen LogP contribution >= 0.6 is 0 Å². The third-order valence-corrected chi connectivity index (χ3v) is 5.88. The average Bonchev–Trinajstić information content (AvgIpc) is 2.93. The Morgan fingerprint density at radius 2 is 1.77 bits per heavy atom. The van der Waals surface area contributed by atoms with E-state index in [1.807, 2.05) is 26.0 Å². The van der Waals surface area contributed by atoms with Gasteiger partial charge in [-0.15, -0.1) is 0 Å². The summed E-state index contributed by atoms with van der Waals surface area (Å²) in [6.45, 7) is 5.90. The molecule has 2 aromatic carbocycles. The van der Waals surface area contributed by atoms with Crippen LogP contribution in [0.2, 0.25) is 0 Å². The number of rotatable bonds is 12.